The van der Waals surface area contributed by atoms with Gasteiger partial charge in [-0.25, -0.2) is 12.8 Å². The van der Waals surface area contributed by atoms with Crippen molar-refractivity contribution in [2.24, 2.45) is 0 Å². The molecule has 0 aromatic heterocycles. The van der Waals surface area contributed by atoms with E-state index in [0.29, 0.717) is 12.1 Å². The number of hydrogen-bond acceptors (Lipinski definition) is 3. The summed E-state index contributed by atoms with van der Waals surface area (Å²) in [5, 5.41) is 8.66. The summed E-state index contributed by atoms with van der Waals surface area (Å²) in [5.74, 6) is -2.35. The van der Waals surface area contributed by atoms with E-state index in [2.05, 4.69) is 0 Å². The van der Waals surface area contributed by atoms with Crippen LogP contribution in [0.3, 0.4) is 0 Å². The zero-order valence-corrected chi connectivity index (χ0v) is 7.73. The van der Waals surface area contributed by atoms with Gasteiger partial charge in [-0.05, 0) is 18.2 Å². The second-order valence-corrected chi connectivity index (χ2v) is 4.50. The van der Waals surface area contributed by atoms with Gasteiger partial charge in [0.15, 0.2) is 11.6 Å². The Morgan fingerprint density at radius 3 is 2.13 bits per heavy atom. The summed E-state index contributed by atoms with van der Waals surface area (Å²) in [6.45, 7) is 0. The van der Waals surface area contributed by atoms with Gasteiger partial charge in [0.1, 0.15) is 0 Å². The second-order valence-electron chi connectivity index (χ2n) is 2.56. The van der Waals surface area contributed by atoms with Crippen LogP contribution in [0.4, 0.5) is 17.6 Å². The Morgan fingerprint density at radius 1 is 1.20 bits per heavy atom. The Hall–Kier alpha value is -1.31. The van der Waals surface area contributed by atoms with E-state index in [1.54, 1.807) is 0 Å². The molecule has 0 aliphatic heterocycles. The number of phenolic OH excluding ortho intramolecular Hbond substituents is 1. The summed E-state index contributed by atoms with van der Waals surface area (Å²) in [7, 11) is -5.57. The van der Waals surface area contributed by atoms with E-state index in [1.807, 2.05) is 0 Å². The van der Waals surface area contributed by atoms with Gasteiger partial charge in [-0.1, -0.05) is 0 Å². The molecule has 0 fully saturated rings. The first kappa shape index (κ1) is 11.8. The Kier molecular flexibility index (Phi) is 2.64. The van der Waals surface area contributed by atoms with E-state index >= 15 is 0 Å². The van der Waals surface area contributed by atoms with Gasteiger partial charge >= 0.3 is 5.51 Å². The fraction of sp³-hybridized carbons (Fsp3) is 0.143. The molecule has 84 valence electrons. The van der Waals surface area contributed by atoms with Crippen molar-refractivity contribution in [2.75, 3.05) is 0 Å². The van der Waals surface area contributed by atoms with Crippen molar-refractivity contribution in [1.82, 2.24) is 0 Å². The molecule has 0 saturated heterocycles. The highest BCUT2D eigenvalue weighted by molar-refractivity contribution is 7.92. The van der Waals surface area contributed by atoms with Crippen molar-refractivity contribution >= 4 is 9.84 Å². The van der Waals surface area contributed by atoms with Crippen LogP contribution in [0.5, 0.6) is 5.75 Å². The molecule has 0 heterocycles. The van der Waals surface area contributed by atoms with Gasteiger partial charge < -0.3 is 5.11 Å². The van der Waals surface area contributed by atoms with Crippen molar-refractivity contribution < 1.29 is 31.1 Å². The third-order valence-electron chi connectivity index (χ3n) is 1.53. The minimum absolute atomic E-state index is 0.109. The topological polar surface area (TPSA) is 54.4 Å². The lowest BCUT2D eigenvalue weighted by Gasteiger charge is -2.07. The molecule has 1 aromatic carbocycles. The lowest BCUT2D eigenvalue weighted by atomic mass is 10.3. The standard InChI is InChI=1S/C7H4F4O3S/c8-5-3-4(1-2-6(5)12)15(13,14)7(9,10)11/h1-3,12H. The summed E-state index contributed by atoms with van der Waals surface area (Å²) in [6.07, 6.45) is 0. The first-order valence-corrected chi connectivity index (χ1v) is 4.94. The first-order valence-electron chi connectivity index (χ1n) is 3.46. The Balaban J connectivity index is 3.36. The van der Waals surface area contributed by atoms with Crippen LogP contribution in [0.15, 0.2) is 23.1 Å². The highest BCUT2D eigenvalue weighted by Crippen LogP contribution is 2.31. The monoisotopic (exact) mass is 244 g/mol. The smallest absolute Gasteiger partial charge is 0.501 e. The highest BCUT2D eigenvalue weighted by Gasteiger charge is 2.47. The third kappa shape index (κ3) is 2.04. The molecule has 0 bridgehead atoms. The number of rotatable bonds is 1. The minimum atomic E-state index is -5.57. The van der Waals surface area contributed by atoms with E-state index in [9.17, 15) is 26.0 Å². The molecule has 0 unspecified atom stereocenters. The molecule has 8 heteroatoms. The quantitative estimate of drug-likeness (QED) is 0.766. The van der Waals surface area contributed by atoms with Gasteiger partial charge in [0.05, 0.1) is 4.90 Å². The van der Waals surface area contributed by atoms with Gasteiger partial charge in [0.2, 0.25) is 0 Å². The normalized spacial score (nSPS) is 12.8. The SMILES string of the molecule is O=S(=O)(c1ccc(O)c(F)c1)C(F)(F)F. The van der Waals surface area contributed by atoms with Crippen molar-refractivity contribution in [2.45, 2.75) is 10.4 Å². The van der Waals surface area contributed by atoms with Crippen LogP contribution >= 0.6 is 0 Å². The summed E-state index contributed by atoms with van der Waals surface area (Å²) in [6, 6.07) is 1.12. The molecule has 1 aromatic rings. The molecule has 0 amide bonds. The van der Waals surface area contributed by atoms with Crippen molar-refractivity contribution in [3.63, 3.8) is 0 Å². The summed E-state index contributed by atoms with van der Waals surface area (Å²) in [4.78, 5) is -1.25. The fourth-order valence-electron chi connectivity index (χ4n) is 0.788. The van der Waals surface area contributed by atoms with Gasteiger partial charge in [0.25, 0.3) is 9.84 Å². The zero-order chi connectivity index (χ0) is 11.9. The molecule has 0 radical (unpaired) electrons. The molecule has 15 heavy (non-hydrogen) atoms. The van der Waals surface area contributed by atoms with Crippen LogP contribution in [-0.2, 0) is 9.84 Å². The number of hydrogen-bond donors (Lipinski definition) is 1. The molecule has 0 aliphatic carbocycles. The maximum Gasteiger partial charge on any atom is 0.501 e. The number of sulfone groups is 1. The maximum atomic E-state index is 12.6. The van der Waals surface area contributed by atoms with Gasteiger partial charge in [-0.15, -0.1) is 0 Å². The van der Waals surface area contributed by atoms with Crippen molar-refractivity contribution in [1.29, 1.82) is 0 Å². The van der Waals surface area contributed by atoms with Crippen molar-refractivity contribution in [3.8, 4) is 5.75 Å². The summed E-state index contributed by atoms with van der Waals surface area (Å²) < 4.78 is 70.0. The van der Waals surface area contributed by atoms with E-state index < -0.39 is 31.8 Å². The lowest BCUT2D eigenvalue weighted by molar-refractivity contribution is -0.0436. The van der Waals surface area contributed by atoms with Crippen LogP contribution in [0.25, 0.3) is 0 Å². The molecule has 0 spiro atoms. The van der Waals surface area contributed by atoms with Crippen LogP contribution in [0.1, 0.15) is 0 Å². The molecular weight excluding hydrogens is 240 g/mol. The number of alkyl halides is 3. The first-order chi connectivity index (χ1) is 6.66. The number of halogens is 4. The lowest BCUT2D eigenvalue weighted by Crippen LogP contribution is -2.23. The van der Waals surface area contributed by atoms with Crippen LogP contribution in [-0.4, -0.2) is 19.0 Å². The minimum Gasteiger partial charge on any atom is -0.505 e. The molecule has 1 rings (SSSR count). The number of benzene rings is 1. The predicted octanol–water partition coefficient (Wildman–Crippen LogP) is 1.82. The molecule has 0 aliphatic rings. The van der Waals surface area contributed by atoms with Crippen molar-refractivity contribution in [3.05, 3.63) is 24.0 Å². The molecule has 0 atom stereocenters. The molecule has 0 saturated carbocycles. The van der Waals surface area contributed by atoms with Crippen LogP contribution < -0.4 is 0 Å². The van der Waals surface area contributed by atoms with Crippen LogP contribution in [0.2, 0.25) is 0 Å². The van der Waals surface area contributed by atoms with Gasteiger partial charge in [-0.3, -0.25) is 0 Å². The van der Waals surface area contributed by atoms with E-state index in [-0.39, 0.29) is 6.07 Å². The molecule has 1 N–H and O–H groups in total. The average Bonchev–Trinajstić information content (AvgIpc) is 2.07. The number of aromatic hydroxyl groups is 1. The number of phenols is 1. The van der Waals surface area contributed by atoms with E-state index in [4.69, 9.17) is 5.11 Å². The van der Waals surface area contributed by atoms with E-state index in [0.717, 1.165) is 0 Å². The zero-order valence-electron chi connectivity index (χ0n) is 6.92. The highest BCUT2D eigenvalue weighted by atomic mass is 32.2. The Bertz CT molecular complexity index is 477. The largest absolute Gasteiger partial charge is 0.505 e. The second kappa shape index (κ2) is 3.37. The fourth-order valence-corrected chi connectivity index (χ4v) is 1.56. The Morgan fingerprint density at radius 2 is 1.73 bits per heavy atom. The average molecular weight is 244 g/mol. The maximum absolute atomic E-state index is 12.6. The molecular formula is C7H4F4O3S. The van der Waals surface area contributed by atoms with Crippen LogP contribution in [0, 0.1) is 5.82 Å². The Labute approximate surface area is 81.9 Å². The molecule has 3 nitrogen and oxygen atoms in total. The van der Waals surface area contributed by atoms with Gasteiger partial charge in [0, 0.05) is 0 Å². The summed E-state index contributed by atoms with van der Waals surface area (Å²) in [5.41, 5.74) is -5.49. The predicted molar refractivity (Wildman–Crippen MR) is 41.3 cm³/mol. The van der Waals surface area contributed by atoms with E-state index in [1.165, 1.54) is 0 Å². The van der Waals surface area contributed by atoms with Gasteiger partial charge in [-0.2, -0.15) is 13.2 Å². The third-order valence-corrected chi connectivity index (χ3v) is 3.02. The summed E-state index contributed by atoms with van der Waals surface area (Å²) >= 11 is 0.